The summed E-state index contributed by atoms with van der Waals surface area (Å²) >= 11 is 0. The Bertz CT molecular complexity index is 554. The van der Waals surface area contributed by atoms with Gasteiger partial charge in [-0.25, -0.2) is 0 Å². The molecule has 2 atom stereocenters. The topological polar surface area (TPSA) is 49.7 Å². The third-order valence-corrected chi connectivity index (χ3v) is 8.07. The van der Waals surface area contributed by atoms with E-state index in [2.05, 4.69) is 55.4 Å². The van der Waals surface area contributed by atoms with Crippen LogP contribution in [-0.4, -0.2) is 22.1 Å². The van der Waals surface area contributed by atoms with Crippen LogP contribution in [-0.2, 0) is 0 Å². The van der Waals surface area contributed by atoms with Crippen molar-refractivity contribution in [3.8, 4) is 5.75 Å². The number of hydrogen-bond donors (Lipinski definition) is 2. The van der Waals surface area contributed by atoms with Gasteiger partial charge in [0, 0.05) is 0 Å². The molecule has 0 spiro atoms. The average molecular weight is 413 g/mol. The number of rotatable bonds is 10. The zero-order valence-corrected chi connectivity index (χ0v) is 20.4. The molecule has 164 valence electrons. The molecule has 0 radical (unpaired) electrons. The second kappa shape index (κ2) is 9.45. The second-order valence-electron chi connectivity index (χ2n) is 11.5. The standard InChI is InChI=1S/C24H45O3P/c1-20(18-23(3,4)5)14-16-28(25,26,27-22-12-10-9-11-13-22)17-15-21(2)19-24(6,7)8/h9-13,20-21,25-26H,14-19H2,1-8H3. The molecule has 0 aliphatic carbocycles. The number of para-hydroxylation sites is 1. The second-order valence-corrected chi connectivity index (χ2v) is 15.1. The van der Waals surface area contributed by atoms with E-state index >= 15 is 0 Å². The van der Waals surface area contributed by atoms with Crippen LogP contribution >= 0.6 is 7.28 Å². The summed E-state index contributed by atoms with van der Waals surface area (Å²) in [4.78, 5) is 23.0. The van der Waals surface area contributed by atoms with Crippen LogP contribution in [0.4, 0.5) is 0 Å². The first-order valence-corrected chi connectivity index (χ1v) is 13.3. The minimum absolute atomic E-state index is 0.238. The normalized spacial score (nSPS) is 16.9. The SMILES string of the molecule is CC(CCP(O)(O)(CCC(C)CC(C)(C)C)Oc1ccccc1)CC(C)(C)C. The molecule has 1 aromatic rings. The summed E-state index contributed by atoms with van der Waals surface area (Å²) in [6.45, 7) is 17.8. The fourth-order valence-electron chi connectivity index (χ4n) is 4.18. The molecule has 0 bridgehead atoms. The molecule has 0 aromatic heterocycles. The molecule has 0 saturated carbocycles. The average Bonchev–Trinajstić information content (AvgIpc) is 2.49. The van der Waals surface area contributed by atoms with Crippen molar-refractivity contribution in [3.05, 3.63) is 30.3 Å². The summed E-state index contributed by atoms with van der Waals surface area (Å²) in [5.74, 6) is 1.40. The van der Waals surface area contributed by atoms with Crippen LogP contribution < -0.4 is 4.52 Å². The van der Waals surface area contributed by atoms with E-state index in [0.717, 1.165) is 25.7 Å². The maximum absolute atomic E-state index is 11.5. The summed E-state index contributed by atoms with van der Waals surface area (Å²) in [5, 5.41) is 0. The van der Waals surface area contributed by atoms with Crippen LogP contribution in [0.1, 0.15) is 81.1 Å². The van der Waals surface area contributed by atoms with Crippen LogP contribution in [0, 0.1) is 22.7 Å². The summed E-state index contributed by atoms with van der Waals surface area (Å²) in [6, 6.07) is 9.27. The van der Waals surface area contributed by atoms with E-state index in [4.69, 9.17) is 4.52 Å². The summed E-state index contributed by atoms with van der Waals surface area (Å²) in [6.07, 6.45) is 4.32. The zero-order chi connectivity index (χ0) is 21.7. The van der Waals surface area contributed by atoms with Crippen molar-refractivity contribution in [1.82, 2.24) is 0 Å². The van der Waals surface area contributed by atoms with Gasteiger partial charge in [0.15, 0.2) is 0 Å². The van der Waals surface area contributed by atoms with Crippen molar-refractivity contribution in [2.45, 2.75) is 81.1 Å². The van der Waals surface area contributed by atoms with Gasteiger partial charge in [0.05, 0.1) is 0 Å². The van der Waals surface area contributed by atoms with Crippen LogP contribution in [0.5, 0.6) is 5.75 Å². The summed E-state index contributed by atoms with van der Waals surface area (Å²) in [5.41, 5.74) is 0.477. The van der Waals surface area contributed by atoms with Gasteiger partial charge in [0.25, 0.3) is 0 Å². The predicted molar refractivity (Wildman–Crippen MR) is 124 cm³/mol. The Morgan fingerprint density at radius 3 is 1.54 bits per heavy atom. The molecule has 0 saturated heterocycles. The van der Waals surface area contributed by atoms with Crippen LogP contribution in [0.25, 0.3) is 0 Å². The van der Waals surface area contributed by atoms with Crippen molar-refractivity contribution >= 4 is 7.28 Å². The molecule has 2 N–H and O–H groups in total. The molecule has 0 aliphatic heterocycles. The monoisotopic (exact) mass is 412 g/mol. The molecule has 0 heterocycles. The van der Waals surface area contributed by atoms with Gasteiger partial charge >= 0.3 is 174 Å². The molecular formula is C24H45O3P. The Balaban J connectivity index is 2.89. The fourth-order valence-corrected chi connectivity index (χ4v) is 7.12. The molecule has 28 heavy (non-hydrogen) atoms. The third kappa shape index (κ3) is 10.8. The Morgan fingerprint density at radius 1 is 0.786 bits per heavy atom. The predicted octanol–water partition coefficient (Wildman–Crippen LogP) is 7.27. The Labute approximate surface area is 174 Å². The van der Waals surface area contributed by atoms with Crippen molar-refractivity contribution < 1.29 is 14.3 Å². The van der Waals surface area contributed by atoms with Gasteiger partial charge in [-0.1, -0.05) is 0 Å². The first kappa shape index (κ1) is 25.4. The molecule has 2 unspecified atom stereocenters. The molecular weight excluding hydrogens is 367 g/mol. The molecule has 1 aromatic carbocycles. The van der Waals surface area contributed by atoms with E-state index in [1.165, 1.54) is 0 Å². The zero-order valence-electron chi connectivity index (χ0n) is 19.5. The van der Waals surface area contributed by atoms with Crippen molar-refractivity contribution in [3.63, 3.8) is 0 Å². The fraction of sp³-hybridized carbons (Fsp3) is 0.750. The van der Waals surface area contributed by atoms with Crippen LogP contribution in [0.15, 0.2) is 30.3 Å². The van der Waals surface area contributed by atoms with Gasteiger partial charge in [0.1, 0.15) is 0 Å². The molecule has 0 amide bonds. The molecule has 1 rings (SSSR count). The maximum atomic E-state index is 11.5. The number of benzene rings is 1. The molecule has 0 aliphatic rings. The van der Waals surface area contributed by atoms with E-state index in [1.807, 2.05) is 30.3 Å². The quantitative estimate of drug-likeness (QED) is 0.397. The number of hydrogen-bond acceptors (Lipinski definition) is 3. The Morgan fingerprint density at radius 2 is 1.18 bits per heavy atom. The van der Waals surface area contributed by atoms with Gasteiger partial charge in [-0.3, -0.25) is 0 Å². The van der Waals surface area contributed by atoms with Gasteiger partial charge in [-0.2, -0.15) is 0 Å². The summed E-state index contributed by atoms with van der Waals surface area (Å²) < 4.78 is 5.99. The van der Waals surface area contributed by atoms with Crippen molar-refractivity contribution in [1.29, 1.82) is 0 Å². The minimum atomic E-state index is -4.26. The van der Waals surface area contributed by atoms with Crippen LogP contribution in [0.2, 0.25) is 0 Å². The molecule has 4 heteroatoms. The van der Waals surface area contributed by atoms with Gasteiger partial charge in [-0.05, 0) is 0 Å². The van der Waals surface area contributed by atoms with Crippen molar-refractivity contribution in [2.24, 2.45) is 22.7 Å². The van der Waals surface area contributed by atoms with Gasteiger partial charge < -0.3 is 0 Å². The van der Waals surface area contributed by atoms with E-state index in [-0.39, 0.29) is 10.8 Å². The van der Waals surface area contributed by atoms with Gasteiger partial charge in [0.2, 0.25) is 0 Å². The van der Waals surface area contributed by atoms with E-state index in [1.54, 1.807) is 0 Å². The van der Waals surface area contributed by atoms with E-state index in [0.29, 0.717) is 29.9 Å². The first-order chi connectivity index (χ1) is 12.6. The third-order valence-electron chi connectivity index (χ3n) is 5.12. The van der Waals surface area contributed by atoms with Crippen molar-refractivity contribution in [2.75, 3.05) is 12.3 Å². The molecule has 3 nitrogen and oxygen atoms in total. The van der Waals surface area contributed by atoms with E-state index < -0.39 is 7.28 Å². The first-order valence-electron chi connectivity index (χ1n) is 10.8. The Hall–Kier alpha value is -0.630. The van der Waals surface area contributed by atoms with Gasteiger partial charge in [-0.15, -0.1) is 0 Å². The molecule has 0 fully saturated rings. The van der Waals surface area contributed by atoms with Crippen LogP contribution in [0.3, 0.4) is 0 Å². The van der Waals surface area contributed by atoms with E-state index in [9.17, 15) is 9.79 Å². The Kier molecular flexibility index (Phi) is 8.58. The summed E-state index contributed by atoms with van der Waals surface area (Å²) in [7, 11) is -4.26.